The van der Waals surface area contributed by atoms with Crippen LogP contribution >= 0.6 is 0 Å². The molecule has 4 rings (SSSR count). The molecule has 0 N–H and O–H groups in total. The Morgan fingerprint density at radius 3 is 2.26 bits per heavy atom. The monoisotopic (exact) mass is 626 g/mol. The fraction of sp³-hybridized carbons (Fsp3) is 0.400. The Balaban J connectivity index is 1.49. The van der Waals surface area contributed by atoms with Gasteiger partial charge in [0.25, 0.3) is 0 Å². The van der Waals surface area contributed by atoms with Crippen LogP contribution in [0.1, 0.15) is 24.8 Å². The summed E-state index contributed by atoms with van der Waals surface area (Å²) in [5.74, 6) is 0.525. The van der Waals surface area contributed by atoms with Crippen molar-refractivity contribution in [2.24, 2.45) is 0 Å². The van der Waals surface area contributed by atoms with Gasteiger partial charge in [0.2, 0.25) is 0 Å². The van der Waals surface area contributed by atoms with E-state index in [4.69, 9.17) is 18.9 Å². The number of piperidine rings is 1. The SMILES string of the molecule is COCCOCCOCCOC1=C[I-]C=C(C#N)C(c2ccc3cc(N4CCCCC4)ccc3c2)=C1C#N. The number of fused-ring (bicyclic) bond motifs is 1. The van der Waals surface area contributed by atoms with E-state index in [2.05, 4.69) is 47.4 Å². The molecule has 1 fully saturated rings. The van der Waals surface area contributed by atoms with Crippen LogP contribution in [-0.2, 0) is 18.9 Å². The molecule has 0 bridgehead atoms. The van der Waals surface area contributed by atoms with E-state index in [0.29, 0.717) is 62.1 Å². The summed E-state index contributed by atoms with van der Waals surface area (Å²) in [5, 5.41) is 22.3. The number of hydrogen-bond acceptors (Lipinski definition) is 7. The van der Waals surface area contributed by atoms with Crippen LogP contribution in [0.5, 0.6) is 0 Å². The molecule has 0 radical (unpaired) electrons. The second kappa shape index (κ2) is 14.9. The Bertz CT molecular complexity index is 1280. The van der Waals surface area contributed by atoms with E-state index in [1.165, 1.54) is 24.9 Å². The molecule has 0 amide bonds. The van der Waals surface area contributed by atoms with Gasteiger partial charge in [0, 0.05) is 7.11 Å². The van der Waals surface area contributed by atoms with Gasteiger partial charge >= 0.3 is 222 Å². The van der Waals surface area contributed by atoms with Crippen molar-refractivity contribution in [3.8, 4) is 12.1 Å². The van der Waals surface area contributed by atoms with Gasteiger partial charge in [-0.05, 0) is 6.42 Å². The molecule has 0 atom stereocenters. The number of nitrogens with zero attached hydrogens (tertiary/aromatic N) is 3. The standard InChI is InChI=1S/C30H33IN3O4/c1-35-11-12-36-13-14-37-15-16-38-29-20-31-19-26(21-32)30(28(29)22-33)25-6-5-24-18-27(8-7-23(24)17-25)34-9-3-2-4-10-34/h5-8,17-20H,2-4,9-16H2,1H3/q-1. The number of anilines is 1. The van der Waals surface area contributed by atoms with Crippen LogP contribution in [0.2, 0.25) is 0 Å². The predicted octanol–water partition coefficient (Wildman–Crippen LogP) is 2.15. The summed E-state index contributed by atoms with van der Waals surface area (Å²) < 4.78 is 25.8. The van der Waals surface area contributed by atoms with E-state index in [9.17, 15) is 10.5 Å². The summed E-state index contributed by atoms with van der Waals surface area (Å²) in [6, 6.07) is 17.4. The average Bonchev–Trinajstić information content (AvgIpc) is 3.15. The molecule has 0 aromatic heterocycles. The van der Waals surface area contributed by atoms with Gasteiger partial charge in [0.1, 0.15) is 0 Å². The number of nitriles is 2. The maximum atomic E-state index is 10.2. The van der Waals surface area contributed by atoms with E-state index in [-0.39, 0.29) is 0 Å². The zero-order chi connectivity index (χ0) is 26.6. The Morgan fingerprint density at radius 2 is 1.53 bits per heavy atom. The van der Waals surface area contributed by atoms with Crippen molar-refractivity contribution in [1.82, 2.24) is 0 Å². The normalized spacial score (nSPS) is 16.1. The summed E-state index contributed by atoms with van der Waals surface area (Å²) in [6.45, 7) is 4.93. The number of allylic oxidation sites excluding steroid dienone is 3. The number of rotatable bonds is 12. The summed E-state index contributed by atoms with van der Waals surface area (Å²) in [5.41, 5.74) is 3.64. The Morgan fingerprint density at radius 1 is 0.816 bits per heavy atom. The van der Waals surface area contributed by atoms with Crippen molar-refractivity contribution < 1.29 is 40.2 Å². The van der Waals surface area contributed by atoms with Crippen molar-refractivity contribution in [1.29, 1.82) is 10.5 Å². The van der Waals surface area contributed by atoms with Gasteiger partial charge < -0.3 is 0 Å². The molecule has 2 aromatic carbocycles. The molecule has 7 nitrogen and oxygen atoms in total. The van der Waals surface area contributed by atoms with E-state index in [0.717, 1.165) is 29.4 Å². The average molecular weight is 627 g/mol. The minimum atomic E-state index is -0.581. The van der Waals surface area contributed by atoms with Crippen LogP contribution in [0.25, 0.3) is 16.3 Å². The van der Waals surface area contributed by atoms with Gasteiger partial charge in [-0.1, -0.05) is 0 Å². The van der Waals surface area contributed by atoms with E-state index < -0.39 is 21.2 Å². The van der Waals surface area contributed by atoms with E-state index >= 15 is 0 Å². The zero-order valence-corrected chi connectivity index (χ0v) is 23.9. The van der Waals surface area contributed by atoms with Crippen molar-refractivity contribution in [3.05, 3.63) is 67.0 Å². The van der Waals surface area contributed by atoms with Gasteiger partial charge in [-0.2, -0.15) is 0 Å². The van der Waals surface area contributed by atoms with Gasteiger partial charge in [0.15, 0.2) is 0 Å². The van der Waals surface area contributed by atoms with Crippen molar-refractivity contribution in [3.63, 3.8) is 0 Å². The number of benzene rings is 2. The van der Waals surface area contributed by atoms with Gasteiger partial charge in [0.05, 0.1) is 0 Å². The Hall–Kier alpha value is -2.89. The molecule has 2 aliphatic rings. The fourth-order valence-electron chi connectivity index (χ4n) is 4.53. The third-order valence-corrected chi connectivity index (χ3v) is 8.36. The van der Waals surface area contributed by atoms with Crippen LogP contribution in [0.3, 0.4) is 0 Å². The van der Waals surface area contributed by atoms with Crippen LogP contribution in [0.15, 0.2) is 61.5 Å². The maximum absolute atomic E-state index is 10.2. The summed E-state index contributed by atoms with van der Waals surface area (Å²) in [7, 11) is 1.64. The molecule has 0 unspecified atom stereocenters. The number of ether oxygens (including phenoxy) is 4. The number of halogens is 1. The van der Waals surface area contributed by atoms with Gasteiger partial charge in [-0.25, -0.2) is 0 Å². The minimum absolute atomic E-state index is 0.311. The quantitative estimate of drug-likeness (QED) is 0.264. The molecule has 2 aromatic rings. The topological polar surface area (TPSA) is 87.7 Å². The molecule has 2 heterocycles. The van der Waals surface area contributed by atoms with E-state index in [1.807, 2.05) is 14.2 Å². The fourth-order valence-corrected chi connectivity index (χ4v) is 6.33. The third kappa shape index (κ3) is 7.36. The first-order chi connectivity index (χ1) is 18.7. The van der Waals surface area contributed by atoms with Crippen molar-refractivity contribution in [2.75, 3.05) is 64.7 Å². The Kier molecular flexibility index (Phi) is 11.0. The first-order valence-corrected chi connectivity index (χ1v) is 15.4. The molecule has 2 aliphatic heterocycles. The van der Waals surface area contributed by atoms with Gasteiger partial charge in [-0.3, -0.25) is 0 Å². The van der Waals surface area contributed by atoms with E-state index in [1.54, 1.807) is 7.11 Å². The van der Waals surface area contributed by atoms with Crippen molar-refractivity contribution in [2.45, 2.75) is 19.3 Å². The van der Waals surface area contributed by atoms with Crippen molar-refractivity contribution >= 4 is 22.0 Å². The summed E-state index contributed by atoms with van der Waals surface area (Å²) in [6.07, 6.45) is 3.78. The first-order valence-electron chi connectivity index (χ1n) is 12.9. The molecule has 38 heavy (non-hydrogen) atoms. The van der Waals surface area contributed by atoms with Crippen LogP contribution < -0.4 is 26.1 Å². The molecule has 200 valence electrons. The Labute approximate surface area is 235 Å². The second-order valence-electron chi connectivity index (χ2n) is 8.96. The van der Waals surface area contributed by atoms with Crippen LogP contribution in [0, 0.1) is 22.7 Å². The molecular weight excluding hydrogens is 593 g/mol. The molecule has 8 heteroatoms. The first kappa shape index (κ1) is 28.1. The summed E-state index contributed by atoms with van der Waals surface area (Å²) in [4.78, 5) is 2.45. The zero-order valence-electron chi connectivity index (χ0n) is 21.7. The second-order valence-corrected chi connectivity index (χ2v) is 10.9. The molecule has 0 spiro atoms. The number of methoxy groups -OCH3 is 1. The molecule has 0 saturated carbocycles. The molecular formula is C30H33IN3O4-. The predicted molar refractivity (Wildman–Crippen MR) is 144 cm³/mol. The third-order valence-electron chi connectivity index (χ3n) is 6.45. The molecule has 0 aliphatic carbocycles. The molecule has 1 saturated heterocycles. The van der Waals surface area contributed by atoms with Gasteiger partial charge in [-0.15, -0.1) is 0 Å². The van der Waals surface area contributed by atoms with Crippen LogP contribution in [0.4, 0.5) is 5.69 Å². The van der Waals surface area contributed by atoms with Crippen LogP contribution in [-0.4, -0.2) is 59.8 Å². The number of hydrogen-bond donors (Lipinski definition) is 0. The summed E-state index contributed by atoms with van der Waals surface area (Å²) >= 11 is -0.581.